The highest BCUT2D eigenvalue weighted by Crippen LogP contribution is 2.13. The van der Waals surface area contributed by atoms with Gasteiger partial charge in [-0.3, -0.25) is 4.99 Å². The summed E-state index contributed by atoms with van der Waals surface area (Å²) in [5, 5.41) is 0. The molecule has 0 bridgehead atoms. The minimum atomic E-state index is 0.752. The van der Waals surface area contributed by atoms with Crippen LogP contribution in [0.3, 0.4) is 0 Å². The minimum absolute atomic E-state index is 0.752. The summed E-state index contributed by atoms with van der Waals surface area (Å²) in [6.45, 7) is 4.13. The summed E-state index contributed by atoms with van der Waals surface area (Å²) in [7, 11) is 1.73. The standard InChI is InChI=1S/C12H16N2/c1-9-6-10(2)8-11(7-9)12(13)4-5-14-3/h4-8H,13H2,1-3H3/b12-4-,14-5?. The van der Waals surface area contributed by atoms with E-state index < -0.39 is 0 Å². The van der Waals surface area contributed by atoms with Crippen LogP contribution in [0, 0.1) is 13.8 Å². The Morgan fingerprint density at radius 2 is 1.79 bits per heavy atom. The first kappa shape index (κ1) is 10.5. The van der Waals surface area contributed by atoms with Gasteiger partial charge in [-0.1, -0.05) is 17.2 Å². The largest absolute Gasteiger partial charge is 0.398 e. The quantitative estimate of drug-likeness (QED) is 0.710. The van der Waals surface area contributed by atoms with Crippen molar-refractivity contribution in [2.45, 2.75) is 13.8 Å². The average molecular weight is 188 g/mol. The summed E-state index contributed by atoms with van der Waals surface area (Å²) in [5.41, 5.74) is 10.2. The summed E-state index contributed by atoms with van der Waals surface area (Å²) in [5.74, 6) is 0. The van der Waals surface area contributed by atoms with Crippen LogP contribution in [0.1, 0.15) is 16.7 Å². The van der Waals surface area contributed by atoms with Crippen molar-refractivity contribution in [2.75, 3.05) is 7.05 Å². The van der Waals surface area contributed by atoms with Gasteiger partial charge in [-0.15, -0.1) is 0 Å². The molecule has 0 saturated carbocycles. The second-order valence-corrected chi connectivity index (χ2v) is 3.41. The summed E-state index contributed by atoms with van der Waals surface area (Å²) in [6, 6.07) is 6.27. The smallest absolute Gasteiger partial charge is 0.0403 e. The highest BCUT2D eigenvalue weighted by atomic mass is 14.6. The fraction of sp³-hybridized carbons (Fsp3) is 0.250. The summed E-state index contributed by atoms with van der Waals surface area (Å²) >= 11 is 0. The Kier molecular flexibility index (Phi) is 3.46. The average Bonchev–Trinajstić information content (AvgIpc) is 2.12. The Balaban J connectivity index is 3.06. The first-order valence-corrected chi connectivity index (χ1v) is 4.60. The van der Waals surface area contributed by atoms with Crippen molar-refractivity contribution in [3.63, 3.8) is 0 Å². The number of rotatable bonds is 2. The molecule has 1 aromatic rings. The van der Waals surface area contributed by atoms with Crippen LogP contribution in [0.15, 0.2) is 29.3 Å². The van der Waals surface area contributed by atoms with Gasteiger partial charge in [0.1, 0.15) is 0 Å². The zero-order valence-electron chi connectivity index (χ0n) is 8.91. The van der Waals surface area contributed by atoms with E-state index in [0.717, 1.165) is 11.3 Å². The molecule has 1 rings (SSSR count). The van der Waals surface area contributed by atoms with Crippen LogP contribution in [-0.2, 0) is 0 Å². The lowest BCUT2D eigenvalue weighted by molar-refractivity contribution is 1.35. The number of benzene rings is 1. The Labute approximate surface area is 85.2 Å². The van der Waals surface area contributed by atoms with E-state index in [-0.39, 0.29) is 0 Å². The zero-order valence-corrected chi connectivity index (χ0v) is 8.91. The Hall–Kier alpha value is -1.57. The SMILES string of the molecule is CN=C/C=C(\N)c1cc(C)cc(C)c1. The second-order valence-electron chi connectivity index (χ2n) is 3.41. The van der Waals surface area contributed by atoms with E-state index in [1.54, 1.807) is 13.3 Å². The summed E-state index contributed by atoms with van der Waals surface area (Å²) < 4.78 is 0. The molecular formula is C12H16N2. The molecule has 74 valence electrons. The Morgan fingerprint density at radius 3 is 2.29 bits per heavy atom. The Morgan fingerprint density at radius 1 is 1.21 bits per heavy atom. The van der Waals surface area contributed by atoms with E-state index in [1.807, 2.05) is 6.08 Å². The van der Waals surface area contributed by atoms with Crippen LogP contribution in [0.4, 0.5) is 0 Å². The molecule has 0 fully saturated rings. The van der Waals surface area contributed by atoms with Gasteiger partial charge in [0.05, 0.1) is 0 Å². The van der Waals surface area contributed by atoms with Gasteiger partial charge >= 0.3 is 0 Å². The van der Waals surface area contributed by atoms with Gasteiger partial charge in [0.25, 0.3) is 0 Å². The maximum Gasteiger partial charge on any atom is 0.0403 e. The molecule has 2 N–H and O–H groups in total. The van der Waals surface area contributed by atoms with Gasteiger partial charge in [0.15, 0.2) is 0 Å². The molecule has 0 atom stereocenters. The molecule has 0 saturated heterocycles. The predicted octanol–water partition coefficient (Wildman–Crippen LogP) is 2.30. The predicted molar refractivity (Wildman–Crippen MR) is 62.5 cm³/mol. The molecule has 0 aliphatic heterocycles. The molecule has 14 heavy (non-hydrogen) atoms. The minimum Gasteiger partial charge on any atom is -0.398 e. The van der Waals surface area contributed by atoms with Gasteiger partial charge in [0, 0.05) is 19.0 Å². The first-order valence-electron chi connectivity index (χ1n) is 4.60. The van der Waals surface area contributed by atoms with Crippen molar-refractivity contribution in [1.29, 1.82) is 0 Å². The maximum atomic E-state index is 5.89. The topological polar surface area (TPSA) is 38.4 Å². The van der Waals surface area contributed by atoms with E-state index in [0.29, 0.717) is 0 Å². The van der Waals surface area contributed by atoms with Gasteiger partial charge in [-0.05, 0) is 37.6 Å². The van der Waals surface area contributed by atoms with Crippen LogP contribution >= 0.6 is 0 Å². The second kappa shape index (κ2) is 4.61. The van der Waals surface area contributed by atoms with Gasteiger partial charge in [-0.25, -0.2) is 0 Å². The number of nitrogens with zero attached hydrogens (tertiary/aromatic N) is 1. The zero-order chi connectivity index (χ0) is 10.6. The molecule has 2 heteroatoms. The lowest BCUT2D eigenvalue weighted by atomic mass is 10.1. The molecule has 0 spiro atoms. The van der Waals surface area contributed by atoms with Crippen molar-refractivity contribution < 1.29 is 0 Å². The highest BCUT2D eigenvalue weighted by molar-refractivity contribution is 5.83. The third-order valence-corrected chi connectivity index (χ3v) is 1.96. The van der Waals surface area contributed by atoms with E-state index in [2.05, 4.69) is 37.0 Å². The van der Waals surface area contributed by atoms with Gasteiger partial charge in [0.2, 0.25) is 0 Å². The fourth-order valence-electron chi connectivity index (χ4n) is 1.39. The molecule has 0 radical (unpaired) electrons. The van der Waals surface area contributed by atoms with Crippen molar-refractivity contribution in [1.82, 2.24) is 0 Å². The molecule has 0 aliphatic carbocycles. The third-order valence-electron chi connectivity index (χ3n) is 1.96. The summed E-state index contributed by atoms with van der Waals surface area (Å²) in [4.78, 5) is 3.86. The summed E-state index contributed by atoms with van der Waals surface area (Å²) in [6.07, 6.45) is 3.52. The van der Waals surface area contributed by atoms with Crippen LogP contribution in [-0.4, -0.2) is 13.3 Å². The fourth-order valence-corrected chi connectivity index (χ4v) is 1.39. The number of allylic oxidation sites excluding steroid dienone is 1. The lowest BCUT2D eigenvalue weighted by Gasteiger charge is -2.04. The van der Waals surface area contributed by atoms with Crippen LogP contribution < -0.4 is 5.73 Å². The number of aryl methyl sites for hydroxylation is 2. The molecule has 0 aromatic heterocycles. The van der Waals surface area contributed by atoms with Crippen molar-refractivity contribution in [2.24, 2.45) is 10.7 Å². The van der Waals surface area contributed by atoms with Crippen LogP contribution in [0.25, 0.3) is 5.70 Å². The van der Waals surface area contributed by atoms with Crippen LogP contribution in [0.2, 0.25) is 0 Å². The normalized spacial score (nSPS) is 12.4. The molecule has 0 heterocycles. The lowest BCUT2D eigenvalue weighted by Crippen LogP contribution is -1.97. The van der Waals surface area contributed by atoms with Crippen molar-refractivity contribution in [3.8, 4) is 0 Å². The molecule has 0 amide bonds. The molecular weight excluding hydrogens is 172 g/mol. The monoisotopic (exact) mass is 188 g/mol. The molecule has 0 aliphatic rings. The van der Waals surface area contributed by atoms with Crippen molar-refractivity contribution >= 4 is 11.9 Å². The Bertz CT molecular complexity index is 356. The molecule has 1 aromatic carbocycles. The van der Waals surface area contributed by atoms with E-state index in [1.165, 1.54) is 11.1 Å². The number of hydrogen-bond acceptors (Lipinski definition) is 2. The number of hydrogen-bond donors (Lipinski definition) is 1. The van der Waals surface area contributed by atoms with Gasteiger partial charge < -0.3 is 5.73 Å². The highest BCUT2D eigenvalue weighted by Gasteiger charge is 1.97. The van der Waals surface area contributed by atoms with Gasteiger partial charge in [-0.2, -0.15) is 0 Å². The van der Waals surface area contributed by atoms with Crippen molar-refractivity contribution in [3.05, 3.63) is 41.0 Å². The first-order chi connectivity index (χ1) is 6.63. The molecule has 0 unspecified atom stereocenters. The van der Waals surface area contributed by atoms with E-state index in [9.17, 15) is 0 Å². The van der Waals surface area contributed by atoms with Crippen LogP contribution in [0.5, 0.6) is 0 Å². The number of aliphatic imine (C=N–C) groups is 1. The van der Waals surface area contributed by atoms with E-state index >= 15 is 0 Å². The third kappa shape index (κ3) is 2.73. The molecule has 2 nitrogen and oxygen atoms in total. The van der Waals surface area contributed by atoms with E-state index in [4.69, 9.17) is 5.73 Å². The maximum absolute atomic E-state index is 5.89. The number of nitrogens with two attached hydrogens (primary N) is 1.